The summed E-state index contributed by atoms with van der Waals surface area (Å²) >= 11 is 5.53. The molecule has 0 saturated heterocycles. The molecule has 0 aromatic carbocycles. The number of hydrogen-bond donors (Lipinski definition) is 0. The summed E-state index contributed by atoms with van der Waals surface area (Å²) in [5.41, 5.74) is 0.533. The summed E-state index contributed by atoms with van der Waals surface area (Å²) < 4.78 is 37.2. The van der Waals surface area contributed by atoms with E-state index in [9.17, 15) is 13.2 Å². The standard InChI is InChI=1S/C10H13ClF3N3/c1-7(2)17(6-10(12,13)14)9-4-3-8(5-11)15-16-9/h3-4,7H,5-6H2,1-2H3. The van der Waals surface area contributed by atoms with Crippen LogP contribution in [0.2, 0.25) is 0 Å². The van der Waals surface area contributed by atoms with Gasteiger partial charge in [0, 0.05) is 6.04 Å². The van der Waals surface area contributed by atoms with Gasteiger partial charge in [-0.15, -0.1) is 16.7 Å². The van der Waals surface area contributed by atoms with Gasteiger partial charge in [0.2, 0.25) is 0 Å². The summed E-state index contributed by atoms with van der Waals surface area (Å²) in [7, 11) is 0. The second-order valence-electron chi connectivity index (χ2n) is 3.85. The Kier molecular flexibility index (Phi) is 4.56. The molecule has 0 atom stereocenters. The third-order valence-electron chi connectivity index (χ3n) is 2.11. The lowest BCUT2D eigenvalue weighted by Crippen LogP contribution is -2.39. The summed E-state index contributed by atoms with van der Waals surface area (Å²) in [4.78, 5) is 1.14. The van der Waals surface area contributed by atoms with E-state index in [2.05, 4.69) is 10.2 Å². The first-order chi connectivity index (χ1) is 7.83. The fourth-order valence-corrected chi connectivity index (χ4v) is 1.44. The number of hydrogen-bond acceptors (Lipinski definition) is 3. The maximum absolute atomic E-state index is 12.4. The molecular formula is C10H13ClF3N3. The van der Waals surface area contributed by atoms with Crippen molar-refractivity contribution in [2.24, 2.45) is 0 Å². The van der Waals surface area contributed by atoms with Crippen LogP contribution in [-0.2, 0) is 5.88 Å². The summed E-state index contributed by atoms with van der Waals surface area (Å²) in [5.74, 6) is 0.389. The third kappa shape index (κ3) is 4.38. The van der Waals surface area contributed by atoms with E-state index in [0.717, 1.165) is 4.90 Å². The lowest BCUT2D eigenvalue weighted by Gasteiger charge is -2.28. The Morgan fingerprint density at radius 1 is 1.29 bits per heavy atom. The van der Waals surface area contributed by atoms with Gasteiger partial charge < -0.3 is 4.90 Å². The molecule has 0 aliphatic carbocycles. The Hall–Kier alpha value is -1.04. The zero-order valence-electron chi connectivity index (χ0n) is 9.50. The van der Waals surface area contributed by atoms with Crippen LogP contribution in [0.5, 0.6) is 0 Å². The molecule has 0 unspecified atom stereocenters. The average molecular weight is 268 g/mol. The van der Waals surface area contributed by atoms with Gasteiger partial charge in [0.05, 0.1) is 11.6 Å². The first-order valence-corrected chi connectivity index (χ1v) is 5.59. The predicted molar refractivity (Wildman–Crippen MR) is 60.1 cm³/mol. The smallest absolute Gasteiger partial charge is 0.344 e. The summed E-state index contributed by atoms with van der Waals surface area (Å²) in [6.45, 7) is 2.30. The Labute approximate surface area is 103 Å². The third-order valence-corrected chi connectivity index (χ3v) is 2.38. The highest BCUT2D eigenvalue weighted by Crippen LogP contribution is 2.22. The van der Waals surface area contributed by atoms with Crippen molar-refractivity contribution >= 4 is 17.4 Å². The van der Waals surface area contributed by atoms with Crippen molar-refractivity contribution in [3.8, 4) is 0 Å². The number of aromatic nitrogens is 2. The molecule has 0 aliphatic heterocycles. The van der Waals surface area contributed by atoms with Gasteiger partial charge in [-0.1, -0.05) is 0 Å². The topological polar surface area (TPSA) is 29.0 Å². The maximum Gasteiger partial charge on any atom is 0.405 e. The molecule has 0 amide bonds. The molecule has 1 rings (SSSR count). The highest BCUT2D eigenvalue weighted by Gasteiger charge is 2.32. The number of nitrogens with zero attached hydrogens (tertiary/aromatic N) is 3. The van der Waals surface area contributed by atoms with Crippen LogP contribution in [0.1, 0.15) is 19.5 Å². The fraction of sp³-hybridized carbons (Fsp3) is 0.600. The second-order valence-corrected chi connectivity index (χ2v) is 4.12. The Bertz CT molecular complexity index is 351. The molecule has 96 valence electrons. The lowest BCUT2D eigenvalue weighted by molar-refractivity contribution is -0.120. The quantitative estimate of drug-likeness (QED) is 0.786. The van der Waals surface area contributed by atoms with Crippen LogP contribution >= 0.6 is 11.6 Å². The average Bonchev–Trinajstić information content (AvgIpc) is 2.25. The van der Waals surface area contributed by atoms with E-state index in [1.807, 2.05) is 0 Å². The molecule has 0 saturated carbocycles. The molecular weight excluding hydrogens is 255 g/mol. The van der Waals surface area contributed by atoms with Crippen LogP contribution in [0, 0.1) is 0 Å². The van der Waals surface area contributed by atoms with Gasteiger partial charge in [0.1, 0.15) is 6.54 Å². The van der Waals surface area contributed by atoms with Crippen LogP contribution in [0.4, 0.5) is 19.0 Å². The van der Waals surface area contributed by atoms with E-state index >= 15 is 0 Å². The van der Waals surface area contributed by atoms with Crippen LogP contribution in [0.25, 0.3) is 0 Å². The molecule has 17 heavy (non-hydrogen) atoms. The zero-order chi connectivity index (χ0) is 13.1. The van der Waals surface area contributed by atoms with Gasteiger partial charge in [-0.05, 0) is 26.0 Å². The minimum absolute atomic E-state index is 0.189. The van der Waals surface area contributed by atoms with E-state index in [1.165, 1.54) is 6.07 Å². The van der Waals surface area contributed by atoms with E-state index < -0.39 is 12.7 Å². The van der Waals surface area contributed by atoms with Gasteiger partial charge in [-0.3, -0.25) is 0 Å². The number of alkyl halides is 4. The molecule has 3 nitrogen and oxygen atoms in total. The number of halogens is 4. The highest BCUT2D eigenvalue weighted by molar-refractivity contribution is 6.16. The van der Waals surface area contributed by atoms with Crippen LogP contribution < -0.4 is 4.90 Å². The lowest BCUT2D eigenvalue weighted by atomic mass is 10.3. The van der Waals surface area contributed by atoms with E-state index in [-0.39, 0.29) is 17.7 Å². The van der Waals surface area contributed by atoms with Gasteiger partial charge in [-0.2, -0.15) is 18.3 Å². The van der Waals surface area contributed by atoms with Gasteiger partial charge >= 0.3 is 6.18 Å². The minimum atomic E-state index is -4.27. The SMILES string of the molecule is CC(C)N(CC(F)(F)F)c1ccc(CCl)nn1. The second kappa shape index (κ2) is 5.53. The molecule has 1 aromatic heterocycles. The predicted octanol–water partition coefficient (Wildman–Crippen LogP) is 2.99. The largest absolute Gasteiger partial charge is 0.405 e. The highest BCUT2D eigenvalue weighted by atomic mass is 35.5. The Morgan fingerprint density at radius 3 is 2.29 bits per heavy atom. The molecule has 0 fully saturated rings. The fourth-order valence-electron chi connectivity index (χ4n) is 1.30. The first kappa shape index (κ1) is 14.0. The molecule has 0 aliphatic rings. The van der Waals surface area contributed by atoms with Gasteiger partial charge in [-0.25, -0.2) is 0 Å². The van der Waals surface area contributed by atoms with E-state index in [0.29, 0.717) is 5.69 Å². The van der Waals surface area contributed by atoms with Crippen molar-refractivity contribution in [2.75, 3.05) is 11.4 Å². The van der Waals surface area contributed by atoms with Crippen molar-refractivity contribution in [3.63, 3.8) is 0 Å². The molecule has 0 spiro atoms. The molecule has 0 N–H and O–H groups in total. The minimum Gasteiger partial charge on any atom is -0.344 e. The maximum atomic E-state index is 12.4. The number of rotatable bonds is 4. The summed E-state index contributed by atoms with van der Waals surface area (Å²) in [6.07, 6.45) is -4.27. The number of anilines is 1. The van der Waals surface area contributed by atoms with Crippen molar-refractivity contribution < 1.29 is 13.2 Å². The summed E-state index contributed by atoms with van der Waals surface area (Å²) in [6, 6.07) is 2.75. The van der Waals surface area contributed by atoms with Crippen LogP contribution in [-0.4, -0.2) is 29.0 Å². The molecule has 7 heteroatoms. The van der Waals surface area contributed by atoms with E-state index in [1.54, 1.807) is 19.9 Å². The van der Waals surface area contributed by atoms with Crippen molar-refractivity contribution in [1.82, 2.24) is 10.2 Å². The van der Waals surface area contributed by atoms with Gasteiger partial charge in [0.15, 0.2) is 5.82 Å². The van der Waals surface area contributed by atoms with Crippen LogP contribution in [0.3, 0.4) is 0 Å². The zero-order valence-corrected chi connectivity index (χ0v) is 10.3. The van der Waals surface area contributed by atoms with Crippen molar-refractivity contribution in [3.05, 3.63) is 17.8 Å². The Morgan fingerprint density at radius 2 is 1.94 bits per heavy atom. The van der Waals surface area contributed by atoms with Crippen molar-refractivity contribution in [1.29, 1.82) is 0 Å². The summed E-state index contributed by atoms with van der Waals surface area (Å²) in [5, 5.41) is 7.49. The van der Waals surface area contributed by atoms with Crippen LogP contribution in [0.15, 0.2) is 12.1 Å². The molecule has 0 bridgehead atoms. The normalized spacial score (nSPS) is 11.9. The first-order valence-electron chi connectivity index (χ1n) is 5.05. The monoisotopic (exact) mass is 267 g/mol. The molecule has 1 aromatic rings. The van der Waals surface area contributed by atoms with Gasteiger partial charge in [0.25, 0.3) is 0 Å². The van der Waals surface area contributed by atoms with E-state index in [4.69, 9.17) is 11.6 Å². The van der Waals surface area contributed by atoms with Crippen molar-refractivity contribution in [2.45, 2.75) is 31.9 Å². The molecule has 0 radical (unpaired) electrons. The Balaban J connectivity index is 2.89. The molecule has 1 heterocycles.